The van der Waals surface area contributed by atoms with Crippen molar-refractivity contribution in [3.8, 4) is 22.6 Å². The van der Waals surface area contributed by atoms with E-state index < -0.39 is 0 Å². The summed E-state index contributed by atoms with van der Waals surface area (Å²) in [6.07, 6.45) is 0. The number of ketones is 1. The van der Waals surface area contributed by atoms with Crippen molar-refractivity contribution < 1.29 is 15.0 Å². The average molecular weight is 290 g/mol. The summed E-state index contributed by atoms with van der Waals surface area (Å²) in [6, 6.07) is 20.3. The second-order valence-electron chi connectivity index (χ2n) is 4.97. The molecular weight excluding hydrogens is 276 g/mol. The number of phenolic OH excluding ortho intramolecular Hbond substituents is 2. The molecule has 0 saturated carbocycles. The monoisotopic (exact) mass is 290 g/mol. The zero-order valence-corrected chi connectivity index (χ0v) is 11.7. The van der Waals surface area contributed by atoms with Crippen molar-refractivity contribution in [2.45, 2.75) is 0 Å². The van der Waals surface area contributed by atoms with Gasteiger partial charge in [0.05, 0.1) is 0 Å². The smallest absolute Gasteiger partial charge is 0.193 e. The first kappa shape index (κ1) is 13.9. The Hall–Kier alpha value is -3.07. The maximum Gasteiger partial charge on any atom is 0.193 e. The molecule has 3 heteroatoms. The van der Waals surface area contributed by atoms with Crippen LogP contribution in [-0.4, -0.2) is 16.0 Å². The van der Waals surface area contributed by atoms with Crippen LogP contribution in [0.4, 0.5) is 0 Å². The van der Waals surface area contributed by atoms with E-state index in [-0.39, 0.29) is 17.3 Å². The topological polar surface area (TPSA) is 57.5 Å². The van der Waals surface area contributed by atoms with E-state index in [1.807, 2.05) is 18.2 Å². The third kappa shape index (κ3) is 2.69. The highest BCUT2D eigenvalue weighted by Gasteiger charge is 2.14. The molecule has 0 saturated heterocycles. The summed E-state index contributed by atoms with van der Waals surface area (Å²) in [5, 5.41) is 18.7. The van der Waals surface area contributed by atoms with Gasteiger partial charge in [-0.25, -0.2) is 0 Å². The summed E-state index contributed by atoms with van der Waals surface area (Å²) in [5.41, 5.74) is 2.77. The van der Waals surface area contributed by atoms with E-state index in [0.717, 1.165) is 11.1 Å². The molecule has 2 N–H and O–H groups in total. The highest BCUT2D eigenvalue weighted by molar-refractivity contribution is 6.12. The van der Waals surface area contributed by atoms with Gasteiger partial charge in [0, 0.05) is 11.1 Å². The lowest BCUT2D eigenvalue weighted by atomic mass is 9.94. The van der Waals surface area contributed by atoms with Crippen LogP contribution >= 0.6 is 0 Å². The van der Waals surface area contributed by atoms with Gasteiger partial charge < -0.3 is 10.2 Å². The molecule has 0 aliphatic rings. The van der Waals surface area contributed by atoms with E-state index in [9.17, 15) is 15.0 Å². The molecule has 0 aliphatic heterocycles. The van der Waals surface area contributed by atoms with Crippen molar-refractivity contribution in [2.24, 2.45) is 0 Å². The summed E-state index contributed by atoms with van der Waals surface area (Å²) in [4.78, 5) is 12.7. The predicted molar refractivity (Wildman–Crippen MR) is 85.1 cm³/mol. The third-order valence-electron chi connectivity index (χ3n) is 3.48. The molecule has 0 amide bonds. The maximum absolute atomic E-state index is 12.7. The van der Waals surface area contributed by atoms with Crippen LogP contribution in [0, 0.1) is 0 Å². The molecular formula is C19H14O3. The van der Waals surface area contributed by atoms with Crippen molar-refractivity contribution >= 4 is 5.78 Å². The first-order chi connectivity index (χ1) is 10.6. The van der Waals surface area contributed by atoms with E-state index in [0.29, 0.717) is 11.1 Å². The van der Waals surface area contributed by atoms with Crippen LogP contribution in [0.2, 0.25) is 0 Å². The van der Waals surface area contributed by atoms with Crippen LogP contribution in [0.15, 0.2) is 72.8 Å². The molecule has 0 fully saturated rings. The van der Waals surface area contributed by atoms with Crippen molar-refractivity contribution in [1.29, 1.82) is 0 Å². The van der Waals surface area contributed by atoms with Gasteiger partial charge >= 0.3 is 0 Å². The van der Waals surface area contributed by atoms with Crippen LogP contribution in [0.25, 0.3) is 11.1 Å². The Kier molecular flexibility index (Phi) is 3.62. The van der Waals surface area contributed by atoms with Crippen LogP contribution in [-0.2, 0) is 0 Å². The molecule has 0 aromatic heterocycles. The fraction of sp³-hybridized carbons (Fsp3) is 0. The van der Waals surface area contributed by atoms with E-state index in [4.69, 9.17) is 0 Å². The van der Waals surface area contributed by atoms with Gasteiger partial charge in [-0.15, -0.1) is 0 Å². The zero-order valence-electron chi connectivity index (χ0n) is 11.7. The van der Waals surface area contributed by atoms with Crippen LogP contribution in [0.1, 0.15) is 15.9 Å². The third-order valence-corrected chi connectivity index (χ3v) is 3.48. The number of benzene rings is 3. The molecule has 0 spiro atoms. The number of carbonyl (C=O) groups excluding carboxylic acids is 1. The minimum atomic E-state index is -0.108. The van der Waals surface area contributed by atoms with E-state index in [2.05, 4.69) is 0 Å². The average Bonchev–Trinajstić information content (AvgIpc) is 2.56. The van der Waals surface area contributed by atoms with Gasteiger partial charge in [0.1, 0.15) is 11.5 Å². The number of hydrogen-bond acceptors (Lipinski definition) is 3. The minimum absolute atomic E-state index is 0.108. The van der Waals surface area contributed by atoms with E-state index in [1.165, 1.54) is 12.1 Å². The summed E-state index contributed by atoms with van der Waals surface area (Å²) < 4.78 is 0. The fourth-order valence-electron chi connectivity index (χ4n) is 2.34. The second kappa shape index (κ2) is 5.74. The van der Waals surface area contributed by atoms with Gasteiger partial charge in [-0.1, -0.05) is 36.4 Å². The minimum Gasteiger partial charge on any atom is -0.508 e. The van der Waals surface area contributed by atoms with Crippen LogP contribution in [0.5, 0.6) is 11.5 Å². The first-order valence-electron chi connectivity index (χ1n) is 6.87. The molecule has 3 nitrogen and oxygen atoms in total. The SMILES string of the molecule is O=C(c1ccc(O)cc1)c1ccccc1-c1ccc(O)cc1. The number of carbonyl (C=O) groups is 1. The van der Waals surface area contributed by atoms with Crippen molar-refractivity contribution in [1.82, 2.24) is 0 Å². The molecule has 0 atom stereocenters. The number of hydrogen-bond donors (Lipinski definition) is 2. The Morgan fingerprint density at radius 1 is 0.682 bits per heavy atom. The number of phenols is 2. The van der Waals surface area contributed by atoms with Gasteiger partial charge in [-0.05, 0) is 47.5 Å². The van der Waals surface area contributed by atoms with Crippen molar-refractivity contribution in [3.05, 3.63) is 83.9 Å². The maximum atomic E-state index is 12.7. The first-order valence-corrected chi connectivity index (χ1v) is 6.87. The highest BCUT2D eigenvalue weighted by Crippen LogP contribution is 2.27. The Balaban J connectivity index is 2.06. The van der Waals surface area contributed by atoms with Crippen LogP contribution < -0.4 is 0 Å². The van der Waals surface area contributed by atoms with E-state index >= 15 is 0 Å². The molecule has 22 heavy (non-hydrogen) atoms. The van der Waals surface area contributed by atoms with E-state index in [1.54, 1.807) is 42.5 Å². The van der Waals surface area contributed by atoms with Gasteiger partial charge in [0.2, 0.25) is 0 Å². The molecule has 0 heterocycles. The molecule has 0 radical (unpaired) electrons. The normalized spacial score (nSPS) is 10.4. The van der Waals surface area contributed by atoms with Gasteiger partial charge in [0.15, 0.2) is 5.78 Å². The van der Waals surface area contributed by atoms with Gasteiger partial charge in [-0.3, -0.25) is 4.79 Å². The zero-order chi connectivity index (χ0) is 15.5. The second-order valence-corrected chi connectivity index (χ2v) is 4.97. The predicted octanol–water partition coefficient (Wildman–Crippen LogP) is 4.00. The van der Waals surface area contributed by atoms with Gasteiger partial charge in [-0.2, -0.15) is 0 Å². The summed E-state index contributed by atoms with van der Waals surface area (Å²) in [7, 11) is 0. The molecule has 0 unspecified atom stereocenters. The Bertz CT molecular complexity index is 803. The lowest BCUT2D eigenvalue weighted by Crippen LogP contribution is -2.03. The molecule has 108 valence electrons. The molecule has 3 aromatic carbocycles. The summed E-state index contributed by atoms with van der Waals surface area (Å²) in [5.74, 6) is 0.207. The Morgan fingerprint density at radius 3 is 1.86 bits per heavy atom. The number of aromatic hydroxyl groups is 2. The van der Waals surface area contributed by atoms with Crippen molar-refractivity contribution in [2.75, 3.05) is 0 Å². The van der Waals surface area contributed by atoms with Crippen molar-refractivity contribution in [3.63, 3.8) is 0 Å². The summed E-state index contributed by atoms with van der Waals surface area (Å²) in [6.45, 7) is 0. The lowest BCUT2D eigenvalue weighted by Gasteiger charge is -2.09. The quantitative estimate of drug-likeness (QED) is 0.717. The Morgan fingerprint density at radius 2 is 1.23 bits per heavy atom. The molecule has 0 aliphatic carbocycles. The Labute approximate surface area is 128 Å². The van der Waals surface area contributed by atoms with Crippen LogP contribution in [0.3, 0.4) is 0 Å². The largest absolute Gasteiger partial charge is 0.508 e. The molecule has 3 rings (SSSR count). The summed E-state index contributed by atoms with van der Waals surface area (Å²) >= 11 is 0. The lowest BCUT2D eigenvalue weighted by molar-refractivity contribution is 0.103. The number of rotatable bonds is 3. The molecule has 0 bridgehead atoms. The van der Waals surface area contributed by atoms with Gasteiger partial charge in [0.25, 0.3) is 0 Å². The fourth-order valence-corrected chi connectivity index (χ4v) is 2.34. The molecule has 3 aromatic rings. The standard InChI is InChI=1S/C19H14O3/c20-15-9-5-13(6-10-15)17-3-1-2-4-18(17)19(22)14-7-11-16(21)12-8-14/h1-12,20-21H. The highest BCUT2D eigenvalue weighted by atomic mass is 16.3.